The van der Waals surface area contributed by atoms with E-state index in [1.165, 1.54) is 16.7 Å². The number of rotatable bonds is 4. The van der Waals surface area contributed by atoms with Gasteiger partial charge >= 0.3 is 12.1 Å². The number of hydrogen-bond donors (Lipinski definition) is 3. The van der Waals surface area contributed by atoms with Gasteiger partial charge in [0.05, 0.1) is 5.56 Å². The molecular formula is C24H25F3N4O3. The summed E-state index contributed by atoms with van der Waals surface area (Å²) in [6, 6.07) is 12.2. The summed E-state index contributed by atoms with van der Waals surface area (Å²) in [7, 11) is 0. The minimum atomic E-state index is -5.08. The number of pyridine rings is 1. The molecule has 0 fully saturated rings. The fraction of sp³-hybridized carbons (Fsp3) is 0.292. The number of aromatic nitrogens is 2. The highest BCUT2D eigenvalue weighted by Crippen LogP contribution is 2.22. The molecule has 3 heterocycles. The summed E-state index contributed by atoms with van der Waals surface area (Å²) in [5.74, 6) is -2.79. The zero-order valence-corrected chi connectivity index (χ0v) is 18.7. The van der Waals surface area contributed by atoms with E-state index >= 15 is 0 Å². The number of alkyl halides is 3. The standard InChI is InChI=1S/C22H24N4O.C2HF3O2/c1-15-12-21(16(2)26(15)19-6-9-23-10-7-19)22(27)25-14-18-5-3-4-17-13-24-11-8-20(17)18;3-2(4,5)1(6)7/h3-7,9-10,12,24H,8,11,13-14H2,1-2H3,(H,25,27);(H,6,7). The van der Waals surface area contributed by atoms with Gasteiger partial charge in [0, 0.05) is 42.6 Å². The summed E-state index contributed by atoms with van der Waals surface area (Å²) in [6.45, 7) is 6.46. The molecule has 1 aromatic carbocycles. The Bertz CT molecular complexity index is 1170. The number of carbonyl (C=O) groups excluding carboxylic acids is 1. The zero-order chi connectivity index (χ0) is 24.9. The molecule has 10 heteroatoms. The molecule has 34 heavy (non-hydrogen) atoms. The lowest BCUT2D eigenvalue weighted by molar-refractivity contribution is -0.192. The number of aryl methyl sites for hydroxylation is 1. The van der Waals surface area contributed by atoms with Crippen LogP contribution in [0, 0.1) is 13.8 Å². The lowest BCUT2D eigenvalue weighted by atomic mass is 9.95. The van der Waals surface area contributed by atoms with Gasteiger partial charge in [-0.25, -0.2) is 4.79 Å². The predicted octanol–water partition coefficient (Wildman–Crippen LogP) is 3.70. The largest absolute Gasteiger partial charge is 0.490 e. The monoisotopic (exact) mass is 474 g/mol. The third-order valence-electron chi connectivity index (χ3n) is 5.52. The molecule has 0 bridgehead atoms. The van der Waals surface area contributed by atoms with Gasteiger partial charge in [-0.05, 0) is 61.7 Å². The van der Waals surface area contributed by atoms with Crippen molar-refractivity contribution in [3.8, 4) is 5.69 Å². The van der Waals surface area contributed by atoms with Crippen molar-refractivity contribution < 1.29 is 27.9 Å². The van der Waals surface area contributed by atoms with E-state index in [1.54, 1.807) is 12.4 Å². The van der Waals surface area contributed by atoms with E-state index in [1.807, 2.05) is 32.0 Å². The summed E-state index contributed by atoms with van der Waals surface area (Å²) in [5.41, 5.74) is 7.63. The highest BCUT2D eigenvalue weighted by atomic mass is 19.4. The number of carbonyl (C=O) groups is 2. The van der Waals surface area contributed by atoms with Gasteiger partial charge < -0.3 is 20.3 Å². The summed E-state index contributed by atoms with van der Waals surface area (Å²) in [4.78, 5) is 25.8. The number of amides is 1. The van der Waals surface area contributed by atoms with E-state index < -0.39 is 12.1 Å². The molecule has 0 atom stereocenters. The van der Waals surface area contributed by atoms with E-state index in [4.69, 9.17) is 9.90 Å². The Kier molecular flexibility index (Phi) is 7.72. The quantitative estimate of drug-likeness (QED) is 0.536. The Morgan fingerprint density at radius 1 is 1.18 bits per heavy atom. The second-order valence-corrected chi connectivity index (χ2v) is 7.79. The second kappa shape index (κ2) is 10.5. The van der Waals surface area contributed by atoms with Crippen molar-refractivity contribution in [2.45, 2.75) is 39.5 Å². The van der Waals surface area contributed by atoms with Crippen LogP contribution in [0.2, 0.25) is 0 Å². The maximum Gasteiger partial charge on any atom is 0.490 e. The number of benzene rings is 1. The van der Waals surface area contributed by atoms with Crippen LogP contribution in [0.5, 0.6) is 0 Å². The molecule has 1 aliphatic heterocycles. The average molecular weight is 474 g/mol. The molecule has 0 spiro atoms. The maximum atomic E-state index is 12.9. The SMILES string of the molecule is Cc1cc(C(=O)NCc2cccc3c2CCNC3)c(C)n1-c1ccncc1.O=C(O)C(F)(F)F. The smallest absolute Gasteiger partial charge is 0.475 e. The van der Waals surface area contributed by atoms with E-state index in [0.717, 1.165) is 42.1 Å². The minimum Gasteiger partial charge on any atom is -0.475 e. The lowest BCUT2D eigenvalue weighted by Gasteiger charge is -2.20. The number of nitrogens with one attached hydrogen (secondary N) is 2. The van der Waals surface area contributed by atoms with Gasteiger partial charge in [0.1, 0.15) is 0 Å². The molecule has 0 unspecified atom stereocenters. The summed E-state index contributed by atoms with van der Waals surface area (Å²) < 4.78 is 33.8. The van der Waals surface area contributed by atoms with E-state index in [0.29, 0.717) is 6.54 Å². The van der Waals surface area contributed by atoms with Gasteiger partial charge in [0.15, 0.2) is 0 Å². The molecule has 0 radical (unpaired) electrons. The molecule has 180 valence electrons. The van der Waals surface area contributed by atoms with Crippen LogP contribution in [0.15, 0.2) is 48.8 Å². The van der Waals surface area contributed by atoms with Crippen molar-refractivity contribution >= 4 is 11.9 Å². The van der Waals surface area contributed by atoms with Crippen LogP contribution in [0.3, 0.4) is 0 Å². The topological polar surface area (TPSA) is 96.3 Å². The number of aliphatic carboxylic acids is 1. The maximum absolute atomic E-state index is 12.9. The summed E-state index contributed by atoms with van der Waals surface area (Å²) in [6.07, 6.45) is -0.541. The molecule has 3 aromatic rings. The van der Waals surface area contributed by atoms with Gasteiger partial charge in [0.2, 0.25) is 0 Å². The van der Waals surface area contributed by atoms with Gasteiger partial charge in [-0.3, -0.25) is 9.78 Å². The molecule has 7 nitrogen and oxygen atoms in total. The van der Waals surface area contributed by atoms with E-state index in [2.05, 4.69) is 38.4 Å². The molecular weight excluding hydrogens is 449 g/mol. The van der Waals surface area contributed by atoms with Crippen molar-refractivity contribution in [1.82, 2.24) is 20.2 Å². The Hall–Kier alpha value is -3.66. The normalized spacial score (nSPS) is 12.9. The Morgan fingerprint density at radius 3 is 2.50 bits per heavy atom. The third kappa shape index (κ3) is 5.82. The molecule has 3 N–H and O–H groups in total. The van der Waals surface area contributed by atoms with Crippen molar-refractivity contribution in [2.75, 3.05) is 6.54 Å². The number of carboxylic acid groups (broad SMARTS) is 1. The summed E-state index contributed by atoms with van der Waals surface area (Å²) >= 11 is 0. The first kappa shape index (κ1) is 25.0. The fourth-order valence-electron chi connectivity index (χ4n) is 3.93. The molecule has 1 aliphatic rings. The van der Waals surface area contributed by atoms with Crippen LogP contribution in [0.4, 0.5) is 13.2 Å². The fourth-order valence-corrected chi connectivity index (χ4v) is 3.93. The van der Waals surface area contributed by atoms with Crippen molar-refractivity contribution in [3.05, 3.63) is 82.4 Å². The minimum absolute atomic E-state index is 0.0325. The molecule has 0 saturated carbocycles. The van der Waals surface area contributed by atoms with Gasteiger partial charge in [-0.2, -0.15) is 13.2 Å². The van der Waals surface area contributed by atoms with Gasteiger partial charge in [0.25, 0.3) is 5.91 Å². The van der Waals surface area contributed by atoms with Gasteiger partial charge in [-0.1, -0.05) is 18.2 Å². The Balaban J connectivity index is 0.000000406. The van der Waals surface area contributed by atoms with Crippen molar-refractivity contribution in [1.29, 1.82) is 0 Å². The second-order valence-electron chi connectivity index (χ2n) is 7.79. The first-order valence-electron chi connectivity index (χ1n) is 10.6. The van der Waals surface area contributed by atoms with Crippen molar-refractivity contribution in [3.63, 3.8) is 0 Å². The number of fused-ring (bicyclic) bond motifs is 1. The zero-order valence-electron chi connectivity index (χ0n) is 18.7. The highest BCUT2D eigenvalue weighted by Gasteiger charge is 2.38. The van der Waals surface area contributed by atoms with Crippen LogP contribution in [0.1, 0.15) is 38.4 Å². The highest BCUT2D eigenvalue weighted by molar-refractivity contribution is 5.95. The van der Waals surface area contributed by atoms with Crippen LogP contribution < -0.4 is 10.6 Å². The predicted molar refractivity (Wildman–Crippen MR) is 120 cm³/mol. The third-order valence-corrected chi connectivity index (χ3v) is 5.52. The first-order valence-corrected chi connectivity index (χ1v) is 10.6. The van der Waals surface area contributed by atoms with Crippen LogP contribution in [-0.2, 0) is 24.3 Å². The number of nitrogens with zero attached hydrogens (tertiary/aromatic N) is 2. The van der Waals surface area contributed by atoms with Gasteiger partial charge in [-0.15, -0.1) is 0 Å². The van der Waals surface area contributed by atoms with Crippen LogP contribution in [0.25, 0.3) is 5.69 Å². The molecule has 4 rings (SSSR count). The number of halogens is 3. The van der Waals surface area contributed by atoms with Crippen LogP contribution in [-0.4, -0.2) is 39.3 Å². The average Bonchev–Trinajstić information content (AvgIpc) is 3.11. The van der Waals surface area contributed by atoms with Crippen molar-refractivity contribution in [2.24, 2.45) is 0 Å². The van der Waals surface area contributed by atoms with E-state index in [9.17, 15) is 18.0 Å². The molecule has 2 aromatic heterocycles. The summed E-state index contributed by atoms with van der Waals surface area (Å²) in [5, 5.41) is 13.6. The Labute approximate surface area is 194 Å². The molecule has 0 aliphatic carbocycles. The number of carboxylic acids is 1. The molecule has 1 amide bonds. The van der Waals surface area contributed by atoms with Crippen LogP contribution >= 0.6 is 0 Å². The molecule has 0 saturated heterocycles. The first-order chi connectivity index (χ1) is 16.1. The number of hydrogen-bond acceptors (Lipinski definition) is 4. The Morgan fingerprint density at radius 2 is 1.85 bits per heavy atom. The lowest BCUT2D eigenvalue weighted by Crippen LogP contribution is -2.27. The van der Waals surface area contributed by atoms with E-state index in [-0.39, 0.29) is 5.91 Å².